The highest BCUT2D eigenvalue weighted by molar-refractivity contribution is 7.90. The Labute approximate surface area is 130 Å². The largest absolute Gasteiger partial charge is 0.261 e. The third-order valence-electron chi connectivity index (χ3n) is 2.96. The van der Waals surface area contributed by atoms with E-state index in [-0.39, 0.29) is 16.3 Å². The molecule has 8 heteroatoms. The van der Waals surface area contributed by atoms with E-state index < -0.39 is 19.9 Å². The Bertz CT molecular complexity index is 830. The second-order valence-corrected chi connectivity index (χ2v) is 8.50. The lowest BCUT2D eigenvalue weighted by atomic mass is 10.3. The molecule has 0 bridgehead atoms. The number of rotatable bonds is 6. The normalized spacial score (nSPS) is 12.2. The van der Waals surface area contributed by atoms with Crippen molar-refractivity contribution in [2.24, 2.45) is 0 Å². The van der Waals surface area contributed by atoms with E-state index in [1.54, 1.807) is 12.3 Å². The Balaban J connectivity index is 2.04. The van der Waals surface area contributed by atoms with Crippen LogP contribution in [0, 0.1) is 0 Å². The lowest BCUT2D eigenvalue weighted by Crippen LogP contribution is -2.26. The summed E-state index contributed by atoms with van der Waals surface area (Å²) >= 11 is 0. The van der Waals surface area contributed by atoms with Crippen LogP contribution in [0.2, 0.25) is 0 Å². The molecule has 22 heavy (non-hydrogen) atoms. The first-order chi connectivity index (χ1) is 10.3. The van der Waals surface area contributed by atoms with Gasteiger partial charge in [-0.15, -0.1) is 0 Å². The minimum absolute atomic E-state index is 0.0286. The molecule has 1 heterocycles. The summed E-state index contributed by atoms with van der Waals surface area (Å²) in [4.78, 5) is 4.22. The van der Waals surface area contributed by atoms with E-state index in [0.29, 0.717) is 6.42 Å². The van der Waals surface area contributed by atoms with Crippen molar-refractivity contribution >= 4 is 19.9 Å². The van der Waals surface area contributed by atoms with Crippen LogP contribution in [0.25, 0.3) is 0 Å². The van der Waals surface area contributed by atoms with Crippen molar-refractivity contribution in [3.05, 3.63) is 54.4 Å². The maximum absolute atomic E-state index is 12.1. The molecular weight excluding hydrogens is 324 g/mol. The highest BCUT2D eigenvalue weighted by Gasteiger charge is 2.15. The predicted molar refractivity (Wildman–Crippen MR) is 82.7 cm³/mol. The Morgan fingerprint density at radius 1 is 0.955 bits per heavy atom. The van der Waals surface area contributed by atoms with Crippen molar-refractivity contribution < 1.29 is 16.8 Å². The number of sulfonamides is 1. The first-order valence-electron chi connectivity index (χ1n) is 6.49. The lowest BCUT2D eigenvalue weighted by Gasteiger charge is -2.07. The molecule has 2 rings (SSSR count). The molecule has 0 saturated carbocycles. The maximum atomic E-state index is 12.1. The van der Waals surface area contributed by atoms with Gasteiger partial charge in [0.15, 0.2) is 9.84 Å². The van der Waals surface area contributed by atoms with Crippen LogP contribution in [0.5, 0.6) is 0 Å². The molecule has 0 spiro atoms. The van der Waals surface area contributed by atoms with Crippen LogP contribution in [0.4, 0.5) is 0 Å². The van der Waals surface area contributed by atoms with Gasteiger partial charge in [-0.25, -0.2) is 21.6 Å². The Morgan fingerprint density at radius 3 is 2.14 bits per heavy atom. The molecule has 0 aliphatic heterocycles. The predicted octanol–water partition coefficient (Wildman–Crippen LogP) is 1.01. The standard InChI is InChI=1S/C14H16N2O4S2/c1-21(17,18)13-5-7-14(8-6-13)22(19,20)16-11-9-12-4-2-3-10-15-12/h2-8,10,16H,9,11H2,1H3. The van der Waals surface area contributed by atoms with E-state index in [1.165, 1.54) is 24.3 Å². The SMILES string of the molecule is CS(=O)(=O)c1ccc(S(=O)(=O)NCCc2ccccn2)cc1. The Kier molecular flexibility index (Phi) is 4.94. The summed E-state index contributed by atoms with van der Waals surface area (Å²) in [5.74, 6) is 0. The van der Waals surface area contributed by atoms with Gasteiger partial charge in [-0.3, -0.25) is 4.98 Å². The Morgan fingerprint density at radius 2 is 1.59 bits per heavy atom. The zero-order valence-electron chi connectivity index (χ0n) is 11.9. The molecule has 0 amide bonds. The summed E-state index contributed by atoms with van der Waals surface area (Å²) in [7, 11) is -7.01. The number of hydrogen-bond donors (Lipinski definition) is 1. The van der Waals surface area contributed by atoms with Crippen molar-refractivity contribution in [2.45, 2.75) is 16.2 Å². The smallest absolute Gasteiger partial charge is 0.240 e. The van der Waals surface area contributed by atoms with E-state index in [0.717, 1.165) is 11.9 Å². The average Bonchev–Trinajstić information content (AvgIpc) is 2.47. The highest BCUT2D eigenvalue weighted by Crippen LogP contribution is 2.14. The van der Waals surface area contributed by atoms with Gasteiger partial charge in [0.05, 0.1) is 9.79 Å². The fourth-order valence-electron chi connectivity index (χ4n) is 1.81. The molecule has 0 aliphatic carbocycles. The Hall–Kier alpha value is -1.77. The van der Waals surface area contributed by atoms with Gasteiger partial charge in [0.2, 0.25) is 10.0 Å². The number of pyridine rings is 1. The number of aromatic nitrogens is 1. The zero-order valence-corrected chi connectivity index (χ0v) is 13.6. The molecule has 0 atom stereocenters. The fraction of sp³-hybridized carbons (Fsp3) is 0.214. The zero-order chi connectivity index (χ0) is 16.2. The molecule has 0 unspecified atom stereocenters. The molecule has 1 aromatic carbocycles. The van der Waals surface area contributed by atoms with E-state index >= 15 is 0 Å². The van der Waals surface area contributed by atoms with Gasteiger partial charge in [-0.05, 0) is 36.4 Å². The lowest BCUT2D eigenvalue weighted by molar-refractivity contribution is 0.580. The quantitative estimate of drug-likeness (QED) is 0.847. The third kappa shape index (κ3) is 4.36. The van der Waals surface area contributed by atoms with E-state index in [1.807, 2.05) is 12.1 Å². The summed E-state index contributed by atoms with van der Waals surface area (Å²) in [6.07, 6.45) is 3.19. The fourth-order valence-corrected chi connectivity index (χ4v) is 3.47. The molecule has 118 valence electrons. The van der Waals surface area contributed by atoms with Crippen LogP contribution in [0.1, 0.15) is 5.69 Å². The number of sulfone groups is 1. The van der Waals surface area contributed by atoms with E-state index in [4.69, 9.17) is 0 Å². The third-order valence-corrected chi connectivity index (χ3v) is 5.57. The number of benzene rings is 1. The summed E-state index contributed by atoms with van der Waals surface area (Å²) in [5.41, 5.74) is 0.789. The minimum Gasteiger partial charge on any atom is -0.261 e. The summed E-state index contributed by atoms with van der Waals surface area (Å²) in [6, 6.07) is 10.6. The molecule has 1 aromatic heterocycles. The first-order valence-corrected chi connectivity index (χ1v) is 9.86. The molecule has 0 fully saturated rings. The van der Waals surface area contributed by atoms with Crippen molar-refractivity contribution in [2.75, 3.05) is 12.8 Å². The number of hydrogen-bond acceptors (Lipinski definition) is 5. The first kappa shape index (κ1) is 16.6. The minimum atomic E-state index is -3.67. The molecule has 0 saturated heterocycles. The van der Waals surface area contributed by atoms with Gasteiger partial charge >= 0.3 is 0 Å². The molecule has 6 nitrogen and oxygen atoms in total. The molecule has 2 aromatic rings. The second-order valence-electron chi connectivity index (χ2n) is 4.71. The highest BCUT2D eigenvalue weighted by atomic mass is 32.2. The van der Waals surface area contributed by atoms with Crippen LogP contribution in [0.15, 0.2) is 58.5 Å². The van der Waals surface area contributed by atoms with E-state index in [9.17, 15) is 16.8 Å². The van der Waals surface area contributed by atoms with Gasteiger partial charge in [0.1, 0.15) is 0 Å². The maximum Gasteiger partial charge on any atom is 0.240 e. The number of nitrogens with one attached hydrogen (secondary N) is 1. The average molecular weight is 340 g/mol. The van der Waals surface area contributed by atoms with Crippen LogP contribution in [0.3, 0.4) is 0 Å². The molecule has 0 aliphatic rings. The van der Waals surface area contributed by atoms with Gasteiger partial charge in [0, 0.05) is 31.1 Å². The van der Waals surface area contributed by atoms with Crippen LogP contribution in [-0.2, 0) is 26.3 Å². The summed E-state index contributed by atoms with van der Waals surface area (Å²) < 4.78 is 49.4. The van der Waals surface area contributed by atoms with Crippen molar-refractivity contribution in [1.82, 2.24) is 9.71 Å². The molecular formula is C14H16N2O4S2. The number of nitrogens with zero attached hydrogens (tertiary/aromatic N) is 1. The van der Waals surface area contributed by atoms with Crippen LogP contribution >= 0.6 is 0 Å². The molecule has 0 radical (unpaired) electrons. The van der Waals surface area contributed by atoms with Gasteiger partial charge in [-0.1, -0.05) is 6.07 Å². The van der Waals surface area contributed by atoms with Gasteiger partial charge in [-0.2, -0.15) is 0 Å². The van der Waals surface area contributed by atoms with Crippen molar-refractivity contribution in [3.63, 3.8) is 0 Å². The van der Waals surface area contributed by atoms with Gasteiger partial charge in [0.25, 0.3) is 0 Å². The second kappa shape index (κ2) is 6.55. The van der Waals surface area contributed by atoms with E-state index in [2.05, 4.69) is 9.71 Å². The summed E-state index contributed by atoms with van der Waals surface area (Å²) in [5, 5.41) is 0. The summed E-state index contributed by atoms with van der Waals surface area (Å²) in [6.45, 7) is 0.215. The van der Waals surface area contributed by atoms with Gasteiger partial charge < -0.3 is 0 Å². The topological polar surface area (TPSA) is 93.2 Å². The van der Waals surface area contributed by atoms with Crippen molar-refractivity contribution in [1.29, 1.82) is 0 Å². The van der Waals surface area contributed by atoms with Crippen molar-refractivity contribution in [3.8, 4) is 0 Å². The monoisotopic (exact) mass is 340 g/mol. The van der Waals surface area contributed by atoms with Crippen LogP contribution in [-0.4, -0.2) is 34.6 Å². The molecule has 1 N–H and O–H groups in total. The van der Waals surface area contributed by atoms with Crippen LogP contribution < -0.4 is 4.72 Å².